The first-order valence-corrected chi connectivity index (χ1v) is 6.71. The van der Waals surface area contributed by atoms with E-state index in [1.54, 1.807) is 6.07 Å². The fourth-order valence-corrected chi connectivity index (χ4v) is 2.52. The molecule has 2 unspecified atom stereocenters. The number of aromatic nitrogens is 4. The predicted molar refractivity (Wildman–Crippen MR) is 73.6 cm³/mol. The van der Waals surface area contributed by atoms with Crippen molar-refractivity contribution in [2.24, 2.45) is 5.73 Å². The topological polar surface area (TPSA) is 83.7 Å². The van der Waals surface area contributed by atoms with Gasteiger partial charge in [-0.15, -0.1) is 5.10 Å². The van der Waals surface area contributed by atoms with E-state index in [2.05, 4.69) is 32.0 Å². The standard InChI is InChI=1S/C13H17FN6/c1-8-11(15)3-2-6-20(8)13-17-12(18-19-13)9-4-5-16-7-10(9)14/h4-5,7-8,11H,2-3,6,15H2,1H3,(H,17,18,19). The normalized spacial score (nSPS) is 23.1. The number of hydrogen-bond acceptors (Lipinski definition) is 5. The van der Waals surface area contributed by atoms with Crippen molar-refractivity contribution in [1.29, 1.82) is 0 Å². The third kappa shape index (κ3) is 2.24. The van der Waals surface area contributed by atoms with Gasteiger partial charge < -0.3 is 10.6 Å². The van der Waals surface area contributed by atoms with Gasteiger partial charge in [0.2, 0.25) is 5.95 Å². The van der Waals surface area contributed by atoms with Crippen LogP contribution < -0.4 is 10.6 Å². The van der Waals surface area contributed by atoms with Gasteiger partial charge >= 0.3 is 0 Å². The number of piperidine rings is 1. The van der Waals surface area contributed by atoms with Gasteiger partial charge in [-0.25, -0.2) is 4.39 Å². The largest absolute Gasteiger partial charge is 0.335 e. The third-order valence-electron chi connectivity index (χ3n) is 3.81. The fraction of sp³-hybridized carbons (Fsp3) is 0.462. The van der Waals surface area contributed by atoms with Gasteiger partial charge in [-0.05, 0) is 25.8 Å². The van der Waals surface area contributed by atoms with Crippen molar-refractivity contribution in [2.45, 2.75) is 31.8 Å². The van der Waals surface area contributed by atoms with Gasteiger partial charge in [0.1, 0.15) is 0 Å². The van der Waals surface area contributed by atoms with Crippen molar-refractivity contribution >= 4 is 5.95 Å². The van der Waals surface area contributed by atoms with Crippen LogP contribution in [0.5, 0.6) is 0 Å². The number of halogens is 1. The maximum atomic E-state index is 13.7. The molecule has 0 radical (unpaired) electrons. The Morgan fingerprint density at radius 3 is 3.15 bits per heavy atom. The number of nitrogens with two attached hydrogens (primary N) is 1. The van der Waals surface area contributed by atoms with E-state index in [-0.39, 0.29) is 12.1 Å². The average Bonchev–Trinajstić information content (AvgIpc) is 2.92. The van der Waals surface area contributed by atoms with Gasteiger partial charge in [0.05, 0.1) is 11.8 Å². The van der Waals surface area contributed by atoms with E-state index in [4.69, 9.17) is 5.73 Å². The second-order valence-electron chi connectivity index (χ2n) is 5.08. The molecule has 0 aromatic carbocycles. The molecule has 0 saturated carbocycles. The van der Waals surface area contributed by atoms with Gasteiger partial charge in [0, 0.05) is 24.8 Å². The molecule has 3 N–H and O–H groups in total. The molecule has 106 valence electrons. The molecule has 3 heterocycles. The average molecular weight is 276 g/mol. The fourth-order valence-electron chi connectivity index (χ4n) is 2.52. The first kappa shape index (κ1) is 13.0. The monoisotopic (exact) mass is 276 g/mol. The highest BCUT2D eigenvalue weighted by molar-refractivity contribution is 5.56. The summed E-state index contributed by atoms with van der Waals surface area (Å²) in [6.45, 7) is 2.93. The van der Waals surface area contributed by atoms with Crippen molar-refractivity contribution in [3.8, 4) is 11.4 Å². The highest BCUT2D eigenvalue weighted by Crippen LogP contribution is 2.24. The maximum absolute atomic E-state index is 13.7. The summed E-state index contributed by atoms with van der Waals surface area (Å²) in [6.07, 6.45) is 4.71. The van der Waals surface area contributed by atoms with Crippen molar-refractivity contribution in [3.05, 3.63) is 24.3 Å². The summed E-state index contributed by atoms with van der Waals surface area (Å²) in [4.78, 5) is 10.2. The predicted octanol–water partition coefficient (Wildman–Crippen LogP) is 1.32. The van der Waals surface area contributed by atoms with Crippen LogP contribution in [0.3, 0.4) is 0 Å². The van der Waals surface area contributed by atoms with Crippen LogP contribution in [0.25, 0.3) is 11.4 Å². The third-order valence-corrected chi connectivity index (χ3v) is 3.81. The summed E-state index contributed by atoms with van der Waals surface area (Å²) in [5, 5.41) is 6.97. The van der Waals surface area contributed by atoms with Crippen LogP contribution in [0.2, 0.25) is 0 Å². The summed E-state index contributed by atoms with van der Waals surface area (Å²) in [5.41, 5.74) is 6.44. The number of H-pyrrole nitrogens is 1. The van der Waals surface area contributed by atoms with Crippen LogP contribution in [0.1, 0.15) is 19.8 Å². The molecule has 1 fully saturated rings. The number of pyridine rings is 1. The molecule has 20 heavy (non-hydrogen) atoms. The van der Waals surface area contributed by atoms with Gasteiger partial charge in [-0.2, -0.15) is 4.98 Å². The molecule has 3 rings (SSSR count). The Bertz CT molecular complexity index is 598. The zero-order valence-corrected chi connectivity index (χ0v) is 11.3. The number of nitrogens with one attached hydrogen (secondary N) is 1. The van der Waals surface area contributed by atoms with Crippen LogP contribution in [0.4, 0.5) is 10.3 Å². The van der Waals surface area contributed by atoms with Crippen molar-refractivity contribution in [2.75, 3.05) is 11.4 Å². The van der Waals surface area contributed by atoms with Crippen molar-refractivity contribution < 1.29 is 4.39 Å². The lowest BCUT2D eigenvalue weighted by Crippen LogP contribution is -2.50. The summed E-state index contributed by atoms with van der Waals surface area (Å²) >= 11 is 0. The van der Waals surface area contributed by atoms with Crippen LogP contribution in [-0.2, 0) is 0 Å². The minimum Gasteiger partial charge on any atom is -0.335 e. The summed E-state index contributed by atoms with van der Waals surface area (Å²) in [5.74, 6) is 0.559. The van der Waals surface area contributed by atoms with Crippen molar-refractivity contribution in [3.63, 3.8) is 0 Å². The SMILES string of the molecule is CC1C(N)CCCN1c1n[nH]c(-c2ccncc2F)n1. The van der Waals surface area contributed by atoms with E-state index in [9.17, 15) is 4.39 Å². The molecule has 2 atom stereocenters. The Hall–Kier alpha value is -2.02. The number of rotatable bonds is 2. The lowest BCUT2D eigenvalue weighted by molar-refractivity contribution is 0.416. The smallest absolute Gasteiger partial charge is 0.245 e. The van der Waals surface area contributed by atoms with E-state index in [0.717, 1.165) is 25.6 Å². The molecule has 0 aliphatic carbocycles. The molecule has 6 nitrogen and oxygen atoms in total. The molecule has 1 saturated heterocycles. The molecule has 1 aliphatic heterocycles. The van der Waals surface area contributed by atoms with E-state index in [1.165, 1.54) is 6.20 Å². The summed E-state index contributed by atoms with van der Waals surface area (Å²) in [7, 11) is 0. The van der Waals surface area contributed by atoms with Gasteiger partial charge in [0.15, 0.2) is 11.6 Å². The zero-order valence-electron chi connectivity index (χ0n) is 11.3. The molecular formula is C13H17FN6. The molecule has 0 amide bonds. The first-order chi connectivity index (χ1) is 9.66. The second kappa shape index (κ2) is 5.16. The molecule has 0 spiro atoms. The van der Waals surface area contributed by atoms with E-state index in [1.807, 2.05) is 0 Å². The zero-order chi connectivity index (χ0) is 14.1. The van der Waals surface area contributed by atoms with Crippen LogP contribution in [0, 0.1) is 5.82 Å². The Labute approximate surface area is 116 Å². The van der Waals surface area contributed by atoms with Gasteiger partial charge in [-0.1, -0.05) is 0 Å². The lowest BCUT2D eigenvalue weighted by Gasteiger charge is -2.36. The second-order valence-corrected chi connectivity index (χ2v) is 5.08. The molecular weight excluding hydrogens is 259 g/mol. The van der Waals surface area contributed by atoms with Crippen molar-refractivity contribution in [1.82, 2.24) is 20.2 Å². The Balaban J connectivity index is 1.89. The van der Waals surface area contributed by atoms with Crippen LogP contribution in [0.15, 0.2) is 18.5 Å². The Morgan fingerprint density at radius 2 is 2.35 bits per heavy atom. The van der Waals surface area contributed by atoms with Gasteiger partial charge in [-0.3, -0.25) is 10.1 Å². The molecule has 0 bridgehead atoms. The van der Waals surface area contributed by atoms with E-state index >= 15 is 0 Å². The Morgan fingerprint density at radius 1 is 1.50 bits per heavy atom. The highest BCUT2D eigenvalue weighted by Gasteiger charge is 2.28. The molecule has 2 aromatic heterocycles. The number of anilines is 1. The highest BCUT2D eigenvalue weighted by atomic mass is 19.1. The first-order valence-electron chi connectivity index (χ1n) is 6.71. The van der Waals surface area contributed by atoms with E-state index < -0.39 is 5.82 Å². The minimum atomic E-state index is -0.418. The summed E-state index contributed by atoms with van der Waals surface area (Å²) < 4.78 is 13.7. The maximum Gasteiger partial charge on any atom is 0.245 e. The number of aromatic amines is 1. The molecule has 2 aromatic rings. The van der Waals surface area contributed by atoms with Gasteiger partial charge in [0.25, 0.3) is 0 Å². The Kier molecular flexibility index (Phi) is 3.35. The minimum absolute atomic E-state index is 0.114. The quantitative estimate of drug-likeness (QED) is 0.864. The van der Waals surface area contributed by atoms with Crippen LogP contribution in [-0.4, -0.2) is 38.8 Å². The molecule has 1 aliphatic rings. The van der Waals surface area contributed by atoms with E-state index in [0.29, 0.717) is 17.3 Å². The number of nitrogens with zero attached hydrogens (tertiary/aromatic N) is 4. The lowest BCUT2D eigenvalue weighted by atomic mass is 9.99. The molecule has 7 heteroatoms. The summed E-state index contributed by atoms with van der Waals surface area (Å²) in [6, 6.07) is 1.86. The number of hydrogen-bond donors (Lipinski definition) is 2. The van der Waals surface area contributed by atoms with Crippen LogP contribution >= 0.6 is 0 Å².